The lowest BCUT2D eigenvalue weighted by Gasteiger charge is -2.19. The summed E-state index contributed by atoms with van der Waals surface area (Å²) in [6, 6.07) is 7.70. The topological polar surface area (TPSA) is 109 Å². The first-order chi connectivity index (χ1) is 14.2. The number of ether oxygens (including phenoxy) is 1. The van der Waals surface area contributed by atoms with E-state index in [0.29, 0.717) is 31.4 Å². The predicted molar refractivity (Wildman–Crippen MR) is 135 cm³/mol. The summed E-state index contributed by atoms with van der Waals surface area (Å²) in [5.41, 5.74) is 1.09. The Labute approximate surface area is 202 Å². The summed E-state index contributed by atoms with van der Waals surface area (Å²) in [6.45, 7) is 7.35. The van der Waals surface area contributed by atoms with Crippen molar-refractivity contribution in [3.8, 4) is 5.75 Å². The summed E-state index contributed by atoms with van der Waals surface area (Å²) in [5, 5.41) is 9.20. The molecule has 8 nitrogen and oxygen atoms in total. The first-order valence-corrected chi connectivity index (χ1v) is 12.2. The Hall–Kier alpha value is -1.56. The van der Waals surface area contributed by atoms with Crippen LogP contribution >= 0.6 is 24.0 Å². The zero-order valence-corrected chi connectivity index (χ0v) is 21.8. The number of guanidine groups is 1. The Morgan fingerprint density at radius 2 is 1.90 bits per heavy atom. The van der Waals surface area contributed by atoms with Crippen molar-refractivity contribution in [1.29, 1.82) is 0 Å². The molecular formula is C21H35IN4O4S. The molecule has 2 unspecified atom stereocenters. The first-order valence-electron chi connectivity index (χ1n) is 10.4. The van der Waals surface area contributed by atoms with E-state index in [4.69, 9.17) is 4.74 Å². The fourth-order valence-electron chi connectivity index (χ4n) is 3.10. The molecule has 1 aliphatic rings. The van der Waals surface area contributed by atoms with Gasteiger partial charge in [0, 0.05) is 26.1 Å². The number of nitrogens with one attached hydrogen (secondary N) is 3. The number of halogens is 1. The van der Waals surface area contributed by atoms with E-state index in [1.165, 1.54) is 0 Å². The fourth-order valence-corrected chi connectivity index (χ4v) is 4.78. The van der Waals surface area contributed by atoms with Crippen molar-refractivity contribution in [2.45, 2.75) is 45.7 Å². The largest absolute Gasteiger partial charge is 0.493 e. The Kier molecular flexibility index (Phi) is 11.6. The van der Waals surface area contributed by atoms with Crippen LogP contribution in [0.5, 0.6) is 5.75 Å². The molecule has 176 valence electrons. The molecule has 1 saturated heterocycles. The van der Waals surface area contributed by atoms with E-state index in [0.717, 1.165) is 11.3 Å². The zero-order valence-electron chi connectivity index (χ0n) is 18.7. The Balaban J connectivity index is 0.00000480. The number of rotatable bonds is 9. The number of benzene rings is 1. The molecular weight excluding hydrogens is 531 g/mol. The van der Waals surface area contributed by atoms with Gasteiger partial charge in [-0.15, -0.1) is 24.0 Å². The van der Waals surface area contributed by atoms with Gasteiger partial charge in [-0.2, -0.15) is 0 Å². The Morgan fingerprint density at radius 1 is 1.23 bits per heavy atom. The lowest BCUT2D eigenvalue weighted by atomic mass is 10.1. The van der Waals surface area contributed by atoms with E-state index >= 15 is 0 Å². The average Bonchev–Trinajstić information content (AvgIpc) is 3.03. The van der Waals surface area contributed by atoms with Crippen molar-refractivity contribution in [3.05, 3.63) is 29.8 Å². The third kappa shape index (κ3) is 10.1. The smallest absolute Gasteiger partial charge is 0.222 e. The number of carbonyl (C=O) groups excluding carboxylic acids is 1. The number of aliphatic imine (C=N–C) groups is 1. The highest BCUT2D eigenvalue weighted by Gasteiger charge is 2.28. The molecule has 2 rings (SSSR count). The van der Waals surface area contributed by atoms with Gasteiger partial charge >= 0.3 is 0 Å². The second-order valence-electron chi connectivity index (χ2n) is 8.06. The number of amides is 1. The molecule has 1 aromatic carbocycles. The van der Waals surface area contributed by atoms with E-state index in [-0.39, 0.29) is 59.9 Å². The molecule has 1 fully saturated rings. The van der Waals surface area contributed by atoms with Crippen molar-refractivity contribution < 1.29 is 17.9 Å². The maximum absolute atomic E-state index is 12.0. The van der Waals surface area contributed by atoms with E-state index in [1.54, 1.807) is 7.05 Å². The van der Waals surface area contributed by atoms with Gasteiger partial charge in [0.1, 0.15) is 5.75 Å². The fraction of sp³-hybridized carbons (Fsp3) is 0.619. The third-order valence-electron chi connectivity index (χ3n) is 4.78. The maximum atomic E-state index is 12.0. The van der Waals surface area contributed by atoms with Crippen molar-refractivity contribution in [3.63, 3.8) is 0 Å². The predicted octanol–water partition coefficient (Wildman–Crippen LogP) is 2.26. The Bertz CT molecular complexity index is 828. The quantitative estimate of drug-likeness (QED) is 0.241. The van der Waals surface area contributed by atoms with Crippen LogP contribution in [0.4, 0.5) is 0 Å². The van der Waals surface area contributed by atoms with Gasteiger partial charge in [-0.1, -0.05) is 26.0 Å². The van der Waals surface area contributed by atoms with Gasteiger partial charge in [0.2, 0.25) is 5.91 Å². The van der Waals surface area contributed by atoms with Crippen molar-refractivity contribution in [2.24, 2.45) is 10.9 Å². The highest BCUT2D eigenvalue weighted by Crippen LogP contribution is 2.18. The summed E-state index contributed by atoms with van der Waals surface area (Å²) >= 11 is 0. The summed E-state index contributed by atoms with van der Waals surface area (Å²) in [5.74, 6) is 1.95. The van der Waals surface area contributed by atoms with Gasteiger partial charge in [0.15, 0.2) is 15.8 Å². The standard InChI is InChI=1S/C21H34N4O4S.HI/c1-15(2)13-29-19-7-5-17(6-8-19)16(3)24-21(22-4)23-11-9-20(26)25-18-10-12-30(27,28)14-18;/h5-8,15-16,18H,9-14H2,1-4H3,(H,25,26)(H2,22,23,24);1H. The molecule has 1 amide bonds. The summed E-state index contributed by atoms with van der Waals surface area (Å²) in [7, 11) is -1.32. The number of hydrogen-bond acceptors (Lipinski definition) is 5. The summed E-state index contributed by atoms with van der Waals surface area (Å²) in [6.07, 6.45) is 0.733. The highest BCUT2D eigenvalue weighted by molar-refractivity contribution is 14.0. The van der Waals surface area contributed by atoms with Crippen LogP contribution in [-0.4, -0.2) is 58.0 Å². The van der Waals surface area contributed by atoms with Crippen molar-refractivity contribution in [2.75, 3.05) is 31.7 Å². The molecule has 3 N–H and O–H groups in total. The van der Waals surface area contributed by atoms with Gasteiger partial charge in [-0.3, -0.25) is 9.79 Å². The van der Waals surface area contributed by atoms with Gasteiger partial charge in [-0.05, 0) is 37.0 Å². The molecule has 1 heterocycles. The maximum Gasteiger partial charge on any atom is 0.222 e. The van der Waals surface area contributed by atoms with Crippen molar-refractivity contribution in [1.82, 2.24) is 16.0 Å². The molecule has 0 saturated carbocycles. The van der Waals surface area contributed by atoms with Crippen LogP contribution in [0.3, 0.4) is 0 Å². The second-order valence-corrected chi connectivity index (χ2v) is 10.3. The van der Waals surface area contributed by atoms with Crippen LogP contribution < -0.4 is 20.7 Å². The zero-order chi connectivity index (χ0) is 22.1. The molecule has 31 heavy (non-hydrogen) atoms. The van der Waals surface area contributed by atoms with Crippen LogP contribution in [0.15, 0.2) is 29.3 Å². The number of sulfone groups is 1. The summed E-state index contributed by atoms with van der Waals surface area (Å²) in [4.78, 5) is 16.2. The second kappa shape index (κ2) is 13.1. The highest BCUT2D eigenvalue weighted by atomic mass is 127. The van der Waals surface area contributed by atoms with E-state index < -0.39 is 9.84 Å². The van der Waals surface area contributed by atoms with E-state index in [1.807, 2.05) is 31.2 Å². The first kappa shape index (κ1) is 27.5. The molecule has 0 spiro atoms. The number of hydrogen-bond donors (Lipinski definition) is 3. The Morgan fingerprint density at radius 3 is 2.45 bits per heavy atom. The molecule has 0 radical (unpaired) electrons. The summed E-state index contributed by atoms with van der Waals surface area (Å²) < 4.78 is 28.6. The van der Waals surface area contributed by atoms with Crippen LogP contribution in [-0.2, 0) is 14.6 Å². The minimum absolute atomic E-state index is 0. The number of carbonyl (C=O) groups is 1. The molecule has 2 atom stereocenters. The SMILES string of the molecule is CN=C(NCCC(=O)NC1CCS(=O)(=O)C1)NC(C)c1ccc(OCC(C)C)cc1.I. The van der Waals surface area contributed by atoms with Gasteiger partial charge in [-0.25, -0.2) is 8.42 Å². The van der Waals surface area contributed by atoms with Crippen molar-refractivity contribution >= 4 is 45.7 Å². The lowest BCUT2D eigenvalue weighted by molar-refractivity contribution is -0.121. The average molecular weight is 567 g/mol. The van der Waals surface area contributed by atoms with Crippen LogP contribution in [0.1, 0.15) is 45.2 Å². The lowest BCUT2D eigenvalue weighted by Crippen LogP contribution is -2.41. The van der Waals surface area contributed by atoms with Gasteiger partial charge in [0.25, 0.3) is 0 Å². The van der Waals surface area contributed by atoms with Crippen LogP contribution in [0.25, 0.3) is 0 Å². The van der Waals surface area contributed by atoms with Crippen LogP contribution in [0, 0.1) is 5.92 Å². The number of nitrogens with zero attached hydrogens (tertiary/aromatic N) is 1. The van der Waals surface area contributed by atoms with Crippen LogP contribution in [0.2, 0.25) is 0 Å². The molecule has 0 bridgehead atoms. The normalized spacial score (nSPS) is 18.7. The minimum atomic E-state index is -3.00. The molecule has 0 aromatic heterocycles. The molecule has 1 aliphatic heterocycles. The van der Waals surface area contributed by atoms with Gasteiger partial charge in [0.05, 0.1) is 24.2 Å². The third-order valence-corrected chi connectivity index (χ3v) is 6.55. The van der Waals surface area contributed by atoms with E-state index in [9.17, 15) is 13.2 Å². The monoisotopic (exact) mass is 566 g/mol. The van der Waals surface area contributed by atoms with E-state index in [2.05, 4.69) is 34.8 Å². The molecule has 0 aliphatic carbocycles. The molecule has 1 aromatic rings. The van der Waals surface area contributed by atoms with Gasteiger partial charge < -0.3 is 20.7 Å². The minimum Gasteiger partial charge on any atom is -0.493 e. The molecule has 10 heteroatoms.